The number of morpholine rings is 1. The topological polar surface area (TPSA) is 61.8 Å². The Kier molecular flexibility index (Phi) is 5.60. The van der Waals surface area contributed by atoms with Crippen molar-refractivity contribution in [3.8, 4) is 0 Å². The Balaban J connectivity index is 2.25. The fourth-order valence-corrected chi connectivity index (χ4v) is 1.63. The molecule has 0 aromatic heterocycles. The number of nitrogens with zero attached hydrogens (tertiary/aromatic N) is 1. The standard InChI is InChI=1S/C10H20N2O3/c1-11-4-2-3-10(14)12-5-6-15-9(7-12)8-13/h9,11,13H,2-8H2,1H3. The molecule has 1 aliphatic heterocycles. The van der Waals surface area contributed by atoms with Gasteiger partial charge in [-0.2, -0.15) is 0 Å². The predicted octanol–water partition coefficient (Wildman–Crippen LogP) is -0.794. The molecular weight excluding hydrogens is 196 g/mol. The van der Waals surface area contributed by atoms with Gasteiger partial charge in [-0.05, 0) is 20.0 Å². The van der Waals surface area contributed by atoms with Crippen LogP contribution in [0.4, 0.5) is 0 Å². The van der Waals surface area contributed by atoms with Crippen molar-refractivity contribution in [1.29, 1.82) is 0 Å². The Morgan fingerprint density at radius 1 is 1.67 bits per heavy atom. The zero-order valence-corrected chi connectivity index (χ0v) is 9.24. The Bertz CT molecular complexity index is 199. The molecular formula is C10H20N2O3. The van der Waals surface area contributed by atoms with E-state index in [0.29, 0.717) is 26.1 Å². The highest BCUT2D eigenvalue weighted by atomic mass is 16.5. The van der Waals surface area contributed by atoms with Gasteiger partial charge in [-0.1, -0.05) is 0 Å². The number of aliphatic hydroxyl groups excluding tert-OH is 1. The largest absolute Gasteiger partial charge is 0.394 e. The second-order valence-electron chi connectivity index (χ2n) is 3.72. The average Bonchev–Trinajstić information content (AvgIpc) is 2.29. The van der Waals surface area contributed by atoms with Gasteiger partial charge in [0.2, 0.25) is 5.91 Å². The third kappa shape index (κ3) is 4.15. The number of hydrogen-bond donors (Lipinski definition) is 2. The minimum absolute atomic E-state index is 0.0136. The van der Waals surface area contributed by atoms with Gasteiger partial charge in [0.15, 0.2) is 0 Å². The van der Waals surface area contributed by atoms with Crippen LogP contribution in [0.5, 0.6) is 0 Å². The molecule has 1 heterocycles. The highest BCUT2D eigenvalue weighted by Crippen LogP contribution is 2.07. The zero-order valence-electron chi connectivity index (χ0n) is 9.24. The Morgan fingerprint density at radius 2 is 2.47 bits per heavy atom. The van der Waals surface area contributed by atoms with Crippen LogP contribution in [0.1, 0.15) is 12.8 Å². The highest BCUT2D eigenvalue weighted by molar-refractivity contribution is 5.76. The first kappa shape index (κ1) is 12.4. The molecule has 0 aromatic rings. The second kappa shape index (κ2) is 6.76. The van der Waals surface area contributed by atoms with Crippen LogP contribution in [0, 0.1) is 0 Å². The molecule has 1 amide bonds. The minimum atomic E-state index is -0.202. The van der Waals surface area contributed by atoms with Crippen molar-refractivity contribution >= 4 is 5.91 Å². The summed E-state index contributed by atoms with van der Waals surface area (Å²) in [6.07, 6.45) is 1.22. The smallest absolute Gasteiger partial charge is 0.222 e. The number of aliphatic hydroxyl groups is 1. The lowest BCUT2D eigenvalue weighted by Crippen LogP contribution is -2.46. The number of carbonyl (C=O) groups excluding carboxylic acids is 1. The van der Waals surface area contributed by atoms with Crippen molar-refractivity contribution in [3.63, 3.8) is 0 Å². The summed E-state index contributed by atoms with van der Waals surface area (Å²) in [5.74, 6) is 0.159. The summed E-state index contributed by atoms with van der Waals surface area (Å²) in [7, 11) is 1.88. The quantitative estimate of drug-likeness (QED) is 0.591. The molecule has 2 N–H and O–H groups in total. The molecule has 1 rings (SSSR count). The van der Waals surface area contributed by atoms with Gasteiger partial charge in [-0.15, -0.1) is 0 Å². The third-order valence-electron chi connectivity index (χ3n) is 2.51. The first-order valence-corrected chi connectivity index (χ1v) is 5.42. The zero-order chi connectivity index (χ0) is 11.1. The van der Waals surface area contributed by atoms with E-state index in [4.69, 9.17) is 9.84 Å². The lowest BCUT2D eigenvalue weighted by molar-refractivity contribution is -0.140. The third-order valence-corrected chi connectivity index (χ3v) is 2.51. The van der Waals surface area contributed by atoms with Gasteiger partial charge in [0.05, 0.1) is 19.3 Å². The van der Waals surface area contributed by atoms with Gasteiger partial charge in [0.1, 0.15) is 0 Å². The van der Waals surface area contributed by atoms with Crippen LogP contribution in [0.15, 0.2) is 0 Å². The van der Waals surface area contributed by atoms with E-state index in [2.05, 4.69) is 5.32 Å². The van der Waals surface area contributed by atoms with Crippen LogP contribution in [-0.4, -0.2) is 61.9 Å². The molecule has 15 heavy (non-hydrogen) atoms. The maximum absolute atomic E-state index is 11.7. The Hall–Kier alpha value is -0.650. The molecule has 1 unspecified atom stereocenters. The minimum Gasteiger partial charge on any atom is -0.394 e. The van der Waals surface area contributed by atoms with Crippen molar-refractivity contribution in [3.05, 3.63) is 0 Å². The molecule has 5 heteroatoms. The van der Waals surface area contributed by atoms with Crippen LogP contribution in [0.3, 0.4) is 0 Å². The summed E-state index contributed by atoms with van der Waals surface area (Å²) < 4.78 is 5.28. The second-order valence-corrected chi connectivity index (χ2v) is 3.72. The number of amides is 1. The summed E-state index contributed by atoms with van der Waals surface area (Å²) in [4.78, 5) is 13.5. The van der Waals surface area contributed by atoms with E-state index in [9.17, 15) is 4.79 Å². The Labute approximate surface area is 90.4 Å². The monoisotopic (exact) mass is 216 g/mol. The average molecular weight is 216 g/mol. The molecule has 0 radical (unpaired) electrons. The maximum atomic E-state index is 11.7. The lowest BCUT2D eigenvalue weighted by atomic mass is 10.2. The Morgan fingerprint density at radius 3 is 3.13 bits per heavy atom. The molecule has 1 aliphatic rings. The molecule has 0 bridgehead atoms. The van der Waals surface area contributed by atoms with Crippen LogP contribution < -0.4 is 5.32 Å². The van der Waals surface area contributed by atoms with E-state index >= 15 is 0 Å². The van der Waals surface area contributed by atoms with Crippen LogP contribution >= 0.6 is 0 Å². The van der Waals surface area contributed by atoms with Gasteiger partial charge in [0.25, 0.3) is 0 Å². The van der Waals surface area contributed by atoms with Crippen LogP contribution in [0.25, 0.3) is 0 Å². The van der Waals surface area contributed by atoms with E-state index in [1.54, 1.807) is 4.90 Å². The summed E-state index contributed by atoms with van der Waals surface area (Å²) in [6.45, 7) is 2.55. The fraction of sp³-hybridized carbons (Fsp3) is 0.900. The number of nitrogens with one attached hydrogen (secondary N) is 1. The number of rotatable bonds is 5. The van der Waals surface area contributed by atoms with Gasteiger partial charge >= 0.3 is 0 Å². The molecule has 1 atom stereocenters. The fourth-order valence-electron chi connectivity index (χ4n) is 1.63. The van der Waals surface area contributed by atoms with Crippen molar-refractivity contribution in [2.24, 2.45) is 0 Å². The molecule has 0 saturated carbocycles. The molecule has 0 aliphatic carbocycles. The van der Waals surface area contributed by atoms with Crippen molar-refractivity contribution in [2.45, 2.75) is 18.9 Å². The number of carbonyl (C=O) groups is 1. The van der Waals surface area contributed by atoms with Crippen LogP contribution in [-0.2, 0) is 9.53 Å². The van der Waals surface area contributed by atoms with E-state index in [1.807, 2.05) is 7.05 Å². The van der Waals surface area contributed by atoms with E-state index in [0.717, 1.165) is 13.0 Å². The predicted molar refractivity (Wildman–Crippen MR) is 56.6 cm³/mol. The van der Waals surface area contributed by atoms with Crippen LogP contribution in [0.2, 0.25) is 0 Å². The molecule has 0 aromatic carbocycles. The number of hydrogen-bond acceptors (Lipinski definition) is 4. The van der Waals surface area contributed by atoms with Gasteiger partial charge < -0.3 is 20.1 Å². The first-order chi connectivity index (χ1) is 7.27. The maximum Gasteiger partial charge on any atom is 0.222 e. The van der Waals surface area contributed by atoms with Crippen molar-refractivity contribution in [1.82, 2.24) is 10.2 Å². The first-order valence-electron chi connectivity index (χ1n) is 5.42. The van der Waals surface area contributed by atoms with Gasteiger partial charge in [-0.25, -0.2) is 0 Å². The summed E-state index contributed by atoms with van der Waals surface area (Å²) >= 11 is 0. The molecule has 1 saturated heterocycles. The van der Waals surface area contributed by atoms with Crippen molar-refractivity contribution < 1.29 is 14.6 Å². The van der Waals surface area contributed by atoms with Gasteiger partial charge in [-0.3, -0.25) is 4.79 Å². The number of ether oxygens (including phenoxy) is 1. The normalized spacial score (nSPS) is 21.7. The summed E-state index contributed by atoms with van der Waals surface area (Å²) in [5, 5.41) is 11.9. The van der Waals surface area contributed by atoms with Gasteiger partial charge in [0, 0.05) is 19.5 Å². The molecule has 5 nitrogen and oxygen atoms in total. The summed E-state index contributed by atoms with van der Waals surface area (Å²) in [5.41, 5.74) is 0. The summed E-state index contributed by atoms with van der Waals surface area (Å²) in [6, 6.07) is 0. The molecule has 88 valence electrons. The van der Waals surface area contributed by atoms with E-state index < -0.39 is 0 Å². The molecule has 1 fully saturated rings. The van der Waals surface area contributed by atoms with E-state index in [-0.39, 0.29) is 18.6 Å². The lowest BCUT2D eigenvalue weighted by Gasteiger charge is -2.32. The molecule has 0 spiro atoms. The van der Waals surface area contributed by atoms with E-state index in [1.165, 1.54) is 0 Å². The van der Waals surface area contributed by atoms with Crippen molar-refractivity contribution in [2.75, 3.05) is 39.9 Å². The highest BCUT2D eigenvalue weighted by Gasteiger charge is 2.22. The SMILES string of the molecule is CNCCCC(=O)N1CCOC(CO)C1.